The van der Waals surface area contributed by atoms with Gasteiger partial charge >= 0.3 is 0 Å². The standard InChI is InChI=1S/C5H10ClO2P/c1-2-3-4-5(6)9(7)8/h2-3,5,9H,4H2,1H3,(H,7,8)/b3-2+. The van der Waals surface area contributed by atoms with E-state index < -0.39 is 13.1 Å². The van der Waals surface area contributed by atoms with Crippen molar-refractivity contribution in [2.24, 2.45) is 0 Å². The lowest BCUT2D eigenvalue weighted by molar-refractivity contribution is 0.499. The zero-order valence-corrected chi connectivity index (χ0v) is 6.93. The van der Waals surface area contributed by atoms with Crippen LogP contribution in [0.2, 0.25) is 0 Å². The summed E-state index contributed by atoms with van der Waals surface area (Å²) in [5.41, 5.74) is 0. The largest absolute Gasteiger partial charge is 0.345 e. The molecule has 0 heterocycles. The summed E-state index contributed by atoms with van der Waals surface area (Å²) in [6.45, 7) is 1.85. The van der Waals surface area contributed by atoms with E-state index in [-0.39, 0.29) is 0 Å². The van der Waals surface area contributed by atoms with E-state index in [1.54, 1.807) is 12.2 Å². The van der Waals surface area contributed by atoms with Crippen LogP contribution in [0.4, 0.5) is 0 Å². The lowest BCUT2D eigenvalue weighted by atomic mass is 10.4. The Bertz CT molecular complexity index is 124. The van der Waals surface area contributed by atoms with E-state index >= 15 is 0 Å². The highest BCUT2D eigenvalue weighted by Gasteiger charge is 2.06. The van der Waals surface area contributed by atoms with Crippen molar-refractivity contribution < 1.29 is 9.46 Å². The number of allylic oxidation sites excluding steroid dienone is 2. The second kappa shape index (κ2) is 5.04. The van der Waals surface area contributed by atoms with Crippen LogP contribution < -0.4 is 0 Å². The van der Waals surface area contributed by atoms with Crippen molar-refractivity contribution in [1.82, 2.24) is 0 Å². The molecule has 0 bridgehead atoms. The van der Waals surface area contributed by atoms with Crippen LogP contribution in [-0.2, 0) is 4.57 Å². The molecule has 0 fully saturated rings. The molecule has 2 nitrogen and oxygen atoms in total. The van der Waals surface area contributed by atoms with E-state index in [0.29, 0.717) is 6.42 Å². The molecule has 0 aliphatic carbocycles. The van der Waals surface area contributed by atoms with Crippen LogP contribution in [0.1, 0.15) is 13.3 Å². The first-order valence-electron chi connectivity index (χ1n) is 2.66. The number of rotatable bonds is 3. The van der Waals surface area contributed by atoms with Crippen LogP contribution in [0, 0.1) is 0 Å². The third kappa shape index (κ3) is 4.71. The van der Waals surface area contributed by atoms with E-state index in [1.165, 1.54) is 0 Å². The fourth-order valence-electron chi connectivity index (χ4n) is 0.356. The predicted molar refractivity (Wildman–Crippen MR) is 40.3 cm³/mol. The molecule has 2 unspecified atom stereocenters. The van der Waals surface area contributed by atoms with Crippen molar-refractivity contribution in [2.75, 3.05) is 0 Å². The second-order valence-corrected chi connectivity index (χ2v) is 3.88. The Morgan fingerprint density at radius 2 is 2.44 bits per heavy atom. The Kier molecular flexibility index (Phi) is 5.16. The highest BCUT2D eigenvalue weighted by molar-refractivity contribution is 7.41. The van der Waals surface area contributed by atoms with E-state index in [2.05, 4.69) is 0 Å². The summed E-state index contributed by atoms with van der Waals surface area (Å²) < 4.78 is 10.2. The zero-order valence-electron chi connectivity index (χ0n) is 5.17. The van der Waals surface area contributed by atoms with Crippen LogP contribution in [0.15, 0.2) is 12.2 Å². The molecule has 0 rings (SSSR count). The molecule has 0 saturated heterocycles. The number of hydrogen-bond donors (Lipinski definition) is 1. The highest BCUT2D eigenvalue weighted by atomic mass is 35.5. The number of hydrogen-bond acceptors (Lipinski definition) is 1. The molecule has 0 aromatic rings. The summed E-state index contributed by atoms with van der Waals surface area (Å²) in [5.74, 6) is 0. The van der Waals surface area contributed by atoms with Gasteiger partial charge in [-0.15, -0.1) is 11.6 Å². The molecular weight excluding hydrogens is 158 g/mol. The number of halogens is 1. The van der Waals surface area contributed by atoms with Crippen LogP contribution in [0.5, 0.6) is 0 Å². The minimum absolute atomic E-state index is 0.479. The molecule has 0 aromatic heterocycles. The summed E-state index contributed by atoms with van der Waals surface area (Å²) in [6, 6.07) is 0. The van der Waals surface area contributed by atoms with Crippen molar-refractivity contribution in [1.29, 1.82) is 0 Å². The van der Waals surface area contributed by atoms with Crippen molar-refractivity contribution in [3.8, 4) is 0 Å². The molecule has 0 radical (unpaired) electrons. The van der Waals surface area contributed by atoms with Gasteiger partial charge in [0, 0.05) is 0 Å². The maximum Gasteiger partial charge on any atom is 0.206 e. The molecule has 4 heteroatoms. The van der Waals surface area contributed by atoms with Crippen LogP contribution in [-0.4, -0.2) is 10.0 Å². The van der Waals surface area contributed by atoms with Gasteiger partial charge in [-0.2, -0.15) is 0 Å². The van der Waals surface area contributed by atoms with E-state index in [1.807, 2.05) is 6.92 Å². The third-order valence-electron chi connectivity index (χ3n) is 0.847. The molecule has 0 saturated carbocycles. The highest BCUT2D eigenvalue weighted by Crippen LogP contribution is 2.28. The minimum atomic E-state index is -2.52. The molecule has 1 N–H and O–H groups in total. The zero-order chi connectivity index (χ0) is 7.28. The van der Waals surface area contributed by atoms with Crippen LogP contribution in [0.3, 0.4) is 0 Å². The normalized spacial score (nSPS) is 18.1. The molecular formula is C5H10ClO2P. The van der Waals surface area contributed by atoms with Crippen molar-refractivity contribution in [2.45, 2.75) is 18.5 Å². The maximum atomic E-state index is 10.2. The van der Waals surface area contributed by atoms with Gasteiger partial charge in [0.25, 0.3) is 0 Å². The van der Waals surface area contributed by atoms with E-state index in [9.17, 15) is 4.57 Å². The van der Waals surface area contributed by atoms with Gasteiger partial charge in [-0.25, -0.2) is 0 Å². The Morgan fingerprint density at radius 1 is 1.89 bits per heavy atom. The molecule has 54 valence electrons. The molecule has 0 aromatic carbocycles. The van der Waals surface area contributed by atoms with E-state index in [4.69, 9.17) is 16.5 Å². The molecule has 0 aliphatic heterocycles. The van der Waals surface area contributed by atoms with Gasteiger partial charge < -0.3 is 4.89 Å². The van der Waals surface area contributed by atoms with Crippen molar-refractivity contribution in [3.63, 3.8) is 0 Å². The lowest BCUT2D eigenvalue weighted by Crippen LogP contribution is -1.86. The Labute approximate surface area is 60.4 Å². The fourth-order valence-corrected chi connectivity index (χ4v) is 0.797. The quantitative estimate of drug-likeness (QED) is 0.398. The molecule has 0 amide bonds. The second-order valence-electron chi connectivity index (χ2n) is 1.61. The fraction of sp³-hybridized carbons (Fsp3) is 0.600. The van der Waals surface area contributed by atoms with E-state index in [0.717, 1.165) is 0 Å². The summed E-state index contributed by atoms with van der Waals surface area (Å²) in [4.78, 5) is 8.43. The van der Waals surface area contributed by atoms with Gasteiger partial charge in [-0.05, 0) is 13.3 Å². The summed E-state index contributed by atoms with van der Waals surface area (Å²) in [5, 5.41) is -0.591. The predicted octanol–water partition coefficient (Wildman–Crippen LogP) is 1.98. The average molecular weight is 169 g/mol. The molecule has 2 atom stereocenters. The topological polar surface area (TPSA) is 37.3 Å². The first-order chi connectivity index (χ1) is 4.18. The van der Waals surface area contributed by atoms with Gasteiger partial charge in [-0.3, -0.25) is 4.57 Å². The summed E-state index contributed by atoms with van der Waals surface area (Å²) >= 11 is 5.43. The van der Waals surface area contributed by atoms with Gasteiger partial charge in [0.15, 0.2) is 0 Å². The maximum absolute atomic E-state index is 10.2. The van der Waals surface area contributed by atoms with Gasteiger partial charge in [0.1, 0.15) is 5.12 Å². The monoisotopic (exact) mass is 168 g/mol. The Hall–Kier alpha value is 0.220. The minimum Gasteiger partial charge on any atom is -0.345 e. The molecule has 0 aliphatic rings. The SMILES string of the molecule is C/C=C/CC(Cl)[PH](=O)O. The smallest absolute Gasteiger partial charge is 0.206 e. The van der Waals surface area contributed by atoms with Gasteiger partial charge in [0.05, 0.1) is 0 Å². The molecule has 0 spiro atoms. The van der Waals surface area contributed by atoms with Crippen LogP contribution in [0.25, 0.3) is 0 Å². The summed E-state index contributed by atoms with van der Waals surface area (Å²) in [6.07, 6.45) is 4.06. The average Bonchev–Trinajstić information content (AvgIpc) is 1.82. The number of alkyl halides is 1. The third-order valence-corrected chi connectivity index (χ3v) is 2.36. The Morgan fingerprint density at radius 3 is 2.78 bits per heavy atom. The first-order valence-corrected chi connectivity index (χ1v) is 4.53. The van der Waals surface area contributed by atoms with Gasteiger partial charge in [0.2, 0.25) is 8.03 Å². The molecule has 9 heavy (non-hydrogen) atoms. The lowest BCUT2D eigenvalue weighted by Gasteiger charge is -1.97. The van der Waals surface area contributed by atoms with Crippen molar-refractivity contribution >= 4 is 19.6 Å². The van der Waals surface area contributed by atoms with Gasteiger partial charge in [-0.1, -0.05) is 12.2 Å². The van der Waals surface area contributed by atoms with Crippen LogP contribution >= 0.6 is 19.6 Å². The van der Waals surface area contributed by atoms with Crippen molar-refractivity contribution in [3.05, 3.63) is 12.2 Å². The first kappa shape index (κ1) is 9.22. The Balaban J connectivity index is 3.50. The summed E-state index contributed by atoms with van der Waals surface area (Å²) in [7, 11) is -2.52.